The molecule has 1 aromatic carbocycles. The summed E-state index contributed by atoms with van der Waals surface area (Å²) in [6.45, 7) is 2.14. The molecule has 1 rings (SSSR count). The summed E-state index contributed by atoms with van der Waals surface area (Å²) in [5, 5.41) is 14.1. The molecule has 0 aliphatic heterocycles. The van der Waals surface area contributed by atoms with E-state index in [0.717, 1.165) is 23.5 Å². The smallest absolute Gasteiger partial charge is 0.282 e. The quantitative estimate of drug-likeness (QED) is 0.461. The summed E-state index contributed by atoms with van der Waals surface area (Å²) in [5.41, 5.74) is 0.198. The molecule has 0 amide bonds. The number of nitro benzene ring substituents is 1. The maximum Gasteiger partial charge on any atom is 0.282 e. The van der Waals surface area contributed by atoms with Crippen molar-refractivity contribution in [2.45, 2.75) is 30.7 Å². The van der Waals surface area contributed by atoms with Gasteiger partial charge in [0.2, 0.25) is 0 Å². The van der Waals surface area contributed by atoms with Crippen LogP contribution in [0.4, 0.5) is 5.69 Å². The van der Waals surface area contributed by atoms with E-state index in [1.54, 1.807) is 23.9 Å². The van der Waals surface area contributed by atoms with Gasteiger partial charge in [-0.2, -0.15) is 0 Å². The van der Waals surface area contributed by atoms with Gasteiger partial charge in [-0.1, -0.05) is 25.5 Å². The molecular formula is C12H18N2O2S. The van der Waals surface area contributed by atoms with Gasteiger partial charge >= 0.3 is 0 Å². The Morgan fingerprint density at radius 1 is 1.47 bits per heavy atom. The maximum atomic E-state index is 10.8. The molecule has 0 aromatic heterocycles. The van der Waals surface area contributed by atoms with Crippen LogP contribution in [0.25, 0.3) is 0 Å². The summed E-state index contributed by atoms with van der Waals surface area (Å²) in [5.74, 6) is 0.856. The normalized spacial score (nSPS) is 12.4. The molecule has 0 fully saturated rings. The van der Waals surface area contributed by atoms with Gasteiger partial charge in [-0.05, 0) is 19.5 Å². The summed E-state index contributed by atoms with van der Waals surface area (Å²) in [4.78, 5) is 11.3. The lowest BCUT2D eigenvalue weighted by molar-refractivity contribution is -0.387. The molecule has 0 saturated carbocycles. The zero-order valence-corrected chi connectivity index (χ0v) is 11.0. The molecule has 1 atom stereocenters. The summed E-state index contributed by atoms with van der Waals surface area (Å²) in [7, 11) is 1.93. The van der Waals surface area contributed by atoms with Gasteiger partial charge in [0.15, 0.2) is 0 Å². The van der Waals surface area contributed by atoms with Gasteiger partial charge in [0.25, 0.3) is 5.69 Å². The zero-order chi connectivity index (χ0) is 12.7. The van der Waals surface area contributed by atoms with E-state index < -0.39 is 0 Å². The second-order valence-corrected chi connectivity index (χ2v) is 4.87. The average Bonchev–Trinajstić information content (AvgIpc) is 2.34. The monoisotopic (exact) mass is 254 g/mol. The SMILES string of the molecule is CCCC(CSc1ccccc1[N+](=O)[O-])NC. The highest BCUT2D eigenvalue weighted by molar-refractivity contribution is 7.99. The van der Waals surface area contributed by atoms with Gasteiger partial charge < -0.3 is 5.32 Å². The lowest BCUT2D eigenvalue weighted by Gasteiger charge is -2.14. The molecule has 4 nitrogen and oxygen atoms in total. The first-order valence-corrected chi connectivity index (χ1v) is 6.71. The van der Waals surface area contributed by atoms with E-state index in [1.807, 2.05) is 19.2 Å². The summed E-state index contributed by atoms with van der Waals surface area (Å²) < 4.78 is 0. The number of thioether (sulfide) groups is 1. The first kappa shape index (κ1) is 14.0. The number of para-hydroxylation sites is 1. The van der Waals surface area contributed by atoms with Crippen molar-refractivity contribution < 1.29 is 4.92 Å². The maximum absolute atomic E-state index is 10.8. The third-order valence-corrected chi connectivity index (χ3v) is 3.77. The van der Waals surface area contributed by atoms with E-state index in [2.05, 4.69) is 12.2 Å². The Hall–Kier alpha value is -1.07. The molecule has 1 unspecified atom stereocenters. The molecule has 1 aromatic rings. The van der Waals surface area contributed by atoms with Crippen molar-refractivity contribution in [1.82, 2.24) is 5.32 Å². The van der Waals surface area contributed by atoms with Crippen molar-refractivity contribution in [3.8, 4) is 0 Å². The van der Waals surface area contributed by atoms with Crippen molar-refractivity contribution in [3.63, 3.8) is 0 Å². The molecule has 1 N–H and O–H groups in total. The van der Waals surface area contributed by atoms with Gasteiger partial charge in [0.05, 0.1) is 9.82 Å². The number of rotatable bonds is 7. The molecule has 0 bridgehead atoms. The van der Waals surface area contributed by atoms with E-state index in [9.17, 15) is 10.1 Å². The van der Waals surface area contributed by atoms with Crippen molar-refractivity contribution in [1.29, 1.82) is 0 Å². The predicted octanol–water partition coefficient (Wildman–Crippen LogP) is 3.08. The minimum atomic E-state index is -0.323. The van der Waals surface area contributed by atoms with Crippen LogP contribution >= 0.6 is 11.8 Å². The van der Waals surface area contributed by atoms with E-state index in [4.69, 9.17) is 0 Å². The molecule has 94 valence electrons. The van der Waals surface area contributed by atoms with Crippen LogP contribution in [0.15, 0.2) is 29.2 Å². The summed E-state index contributed by atoms with van der Waals surface area (Å²) >= 11 is 1.54. The van der Waals surface area contributed by atoms with Crippen LogP contribution < -0.4 is 5.32 Å². The van der Waals surface area contributed by atoms with E-state index in [0.29, 0.717) is 6.04 Å². The zero-order valence-electron chi connectivity index (χ0n) is 10.2. The number of hydrogen-bond acceptors (Lipinski definition) is 4. The van der Waals surface area contributed by atoms with Crippen LogP contribution in [0.1, 0.15) is 19.8 Å². The van der Waals surface area contributed by atoms with Crippen LogP contribution in [-0.4, -0.2) is 23.8 Å². The van der Waals surface area contributed by atoms with Crippen molar-refractivity contribution in [3.05, 3.63) is 34.4 Å². The highest BCUT2D eigenvalue weighted by Gasteiger charge is 2.14. The molecule has 0 heterocycles. The number of benzene rings is 1. The van der Waals surface area contributed by atoms with Crippen LogP contribution in [0.5, 0.6) is 0 Å². The van der Waals surface area contributed by atoms with Gasteiger partial charge in [0, 0.05) is 17.9 Å². The fourth-order valence-corrected chi connectivity index (χ4v) is 2.76. The third-order valence-electron chi connectivity index (χ3n) is 2.55. The van der Waals surface area contributed by atoms with Crippen molar-refractivity contribution >= 4 is 17.4 Å². The number of nitrogens with one attached hydrogen (secondary N) is 1. The molecule has 0 spiro atoms. The van der Waals surface area contributed by atoms with Gasteiger partial charge in [0.1, 0.15) is 0 Å². The van der Waals surface area contributed by atoms with Gasteiger partial charge in [-0.15, -0.1) is 11.8 Å². The third kappa shape index (κ3) is 4.36. The second kappa shape index (κ2) is 7.29. The Morgan fingerprint density at radius 2 is 2.18 bits per heavy atom. The molecule has 5 heteroatoms. The molecule has 0 aliphatic carbocycles. The highest BCUT2D eigenvalue weighted by atomic mass is 32.2. The Morgan fingerprint density at radius 3 is 2.76 bits per heavy atom. The Kier molecular flexibility index (Phi) is 6.00. The number of nitro groups is 1. The van der Waals surface area contributed by atoms with Gasteiger partial charge in [-0.3, -0.25) is 10.1 Å². The fraction of sp³-hybridized carbons (Fsp3) is 0.500. The fourth-order valence-electron chi connectivity index (χ4n) is 1.58. The summed E-state index contributed by atoms with van der Waals surface area (Å²) in [6.07, 6.45) is 2.20. The Bertz CT molecular complexity index is 371. The summed E-state index contributed by atoms with van der Waals surface area (Å²) in [6, 6.07) is 7.30. The largest absolute Gasteiger partial charge is 0.316 e. The van der Waals surface area contributed by atoms with Crippen molar-refractivity contribution in [2.75, 3.05) is 12.8 Å². The van der Waals surface area contributed by atoms with Crippen molar-refractivity contribution in [2.24, 2.45) is 0 Å². The predicted molar refractivity (Wildman–Crippen MR) is 71.6 cm³/mol. The molecular weight excluding hydrogens is 236 g/mol. The molecule has 0 saturated heterocycles. The standard InChI is InChI=1S/C12H18N2O2S/c1-3-6-10(13-2)9-17-12-8-5-4-7-11(12)14(15)16/h4-5,7-8,10,13H,3,6,9H2,1-2H3. The molecule has 0 radical (unpaired) electrons. The van der Waals surface area contributed by atoms with Crippen LogP contribution in [0, 0.1) is 10.1 Å². The van der Waals surface area contributed by atoms with Crippen LogP contribution in [0.2, 0.25) is 0 Å². The van der Waals surface area contributed by atoms with E-state index >= 15 is 0 Å². The Balaban J connectivity index is 2.65. The second-order valence-electron chi connectivity index (χ2n) is 3.81. The Labute approximate surface area is 106 Å². The minimum Gasteiger partial charge on any atom is -0.316 e. The minimum absolute atomic E-state index is 0.198. The number of hydrogen-bond donors (Lipinski definition) is 1. The topological polar surface area (TPSA) is 55.2 Å². The lowest BCUT2D eigenvalue weighted by atomic mass is 10.2. The number of nitrogens with zero attached hydrogens (tertiary/aromatic N) is 1. The highest BCUT2D eigenvalue weighted by Crippen LogP contribution is 2.29. The van der Waals surface area contributed by atoms with E-state index in [-0.39, 0.29) is 10.6 Å². The average molecular weight is 254 g/mol. The van der Waals surface area contributed by atoms with E-state index in [1.165, 1.54) is 0 Å². The van der Waals surface area contributed by atoms with Gasteiger partial charge in [-0.25, -0.2) is 0 Å². The first-order valence-electron chi connectivity index (χ1n) is 5.72. The molecule has 17 heavy (non-hydrogen) atoms. The molecule has 0 aliphatic rings. The van der Waals surface area contributed by atoms with Crippen LogP contribution in [0.3, 0.4) is 0 Å². The first-order chi connectivity index (χ1) is 8.19. The lowest BCUT2D eigenvalue weighted by Crippen LogP contribution is -2.27. The van der Waals surface area contributed by atoms with Crippen LogP contribution in [-0.2, 0) is 0 Å².